The van der Waals surface area contributed by atoms with Gasteiger partial charge in [0.25, 0.3) is 0 Å². The molecule has 2 aromatic rings. The highest BCUT2D eigenvalue weighted by molar-refractivity contribution is 6.09. The third-order valence-electron chi connectivity index (χ3n) is 21.4. The largest absolute Gasteiger partial charge is 0.481 e. The number of Topliss-reactive ketones (excluding diaryl/α,β-unsaturated/α-hetero) is 1. The maximum atomic E-state index is 15.9. The van der Waals surface area contributed by atoms with Gasteiger partial charge in [-0.1, -0.05) is 76.6 Å². The van der Waals surface area contributed by atoms with Crippen molar-refractivity contribution in [1.82, 2.24) is 19.4 Å². The quantitative estimate of drug-likeness (QED) is 0.234. The number of carbonyl (C=O) groups excluding carboxylic acids is 2. The number of carboxylic acid groups (broad SMARTS) is 1. The first kappa shape index (κ1) is 45.9. The van der Waals surface area contributed by atoms with Crippen molar-refractivity contribution in [3.8, 4) is 17.3 Å². The summed E-state index contributed by atoms with van der Waals surface area (Å²) in [6.07, 6.45) is 14.5. The van der Waals surface area contributed by atoms with Crippen LogP contribution in [0.2, 0.25) is 0 Å². The Kier molecular flexibility index (Phi) is 11.0. The number of carbonyl (C=O) groups is 3. The Morgan fingerprint density at radius 3 is 2.33 bits per heavy atom. The highest BCUT2D eigenvalue weighted by Crippen LogP contribution is 2.75. The summed E-state index contributed by atoms with van der Waals surface area (Å²) in [6.45, 7) is 20.4. The van der Waals surface area contributed by atoms with E-state index in [9.17, 15) is 20.0 Å². The Bertz CT molecular complexity index is 2330. The second-order valence-corrected chi connectivity index (χ2v) is 24.7. The number of fused-ring (bicyclic) bond motifs is 7. The summed E-state index contributed by atoms with van der Waals surface area (Å²) in [7, 11) is 4.23. The van der Waals surface area contributed by atoms with E-state index in [0.717, 1.165) is 120 Å². The predicted molar refractivity (Wildman–Crippen MR) is 254 cm³/mol. The average Bonchev–Trinajstić information content (AvgIpc) is 3.71. The molecular weight excluding hydrogens is 823 g/mol. The molecule has 1 aliphatic heterocycles. The maximum absolute atomic E-state index is 15.9. The number of nitriles is 1. The normalized spacial score (nSPS) is 43.2. The van der Waals surface area contributed by atoms with Gasteiger partial charge in [-0.05, 0) is 163 Å². The van der Waals surface area contributed by atoms with Crippen LogP contribution >= 0.6 is 0 Å². The van der Waals surface area contributed by atoms with Gasteiger partial charge in [0.05, 0.1) is 46.1 Å². The minimum atomic E-state index is -0.845. The van der Waals surface area contributed by atoms with E-state index in [1.54, 1.807) is 0 Å². The Morgan fingerprint density at radius 2 is 1.65 bits per heavy atom. The number of carboxylic acids is 1. The van der Waals surface area contributed by atoms with Crippen molar-refractivity contribution in [2.24, 2.45) is 73.9 Å². The van der Waals surface area contributed by atoms with Gasteiger partial charge in [0.1, 0.15) is 11.9 Å². The van der Waals surface area contributed by atoms with Gasteiger partial charge < -0.3 is 24.2 Å². The number of likely N-dealkylation sites (tertiary alicyclic amines) is 1. The summed E-state index contributed by atoms with van der Waals surface area (Å²) < 4.78 is 9.18. The Morgan fingerprint density at radius 1 is 0.924 bits per heavy atom. The van der Waals surface area contributed by atoms with Crippen molar-refractivity contribution < 1.29 is 24.2 Å². The zero-order chi connectivity index (χ0) is 46.9. The second kappa shape index (κ2) is 15.9. The summed E-state index contributed by atoms with van der Waals surface area (Å²) in [5, 5.41) is 21.1. The van der Waals surface area contributed by atoms with Gasteiger partial charge in [-0.2, -0.15) is 5.26 Å². The van der Waals surface area contributed by atoms with Crippen LogP contribution in [0.25, 0.3) is 11.3 Å². The fourth-order valence-corrected chi connectivity index (χ4v) is 17.6. The van der Waals surface area contributed by atoms with Crippen molar-refractivity contribution >= 4 is 17.7 Å². The van der Waals surface area contributed by atoms with Gasteiger partial charge in [-0.15, -0.1) is 0 Å². The molecule has 8 fully saturated rings. The molecule has 66 heavy (non-hydrogen) atoms. The molecule has 1 aromatic heterocycles. The standard InChI is InChI=1S/C56H77N5O5/c1-34(2)36-22-25-55(50(65)61-28-14-18-42(61)48-58-41(35-15-11-10-12-16-35)32-60(48)30-29-59(8)9)27-26-52(5)37-17-13-19-43-53(6,38(37)20-21-39(52)45(36)55)24-23-44(54(43,7)33-57)66-47-46(62)56(47)31-40(49(63)64)51(56,3)4/h10-12,15-16,32,36-40,42-45,47H,1,13-14,17-31H2,2-9H3,(H,63,64)/t36-,37-,38?,39+,40-,42-,43?,44-,45?,47?,52-,53+,54-,55-,56?/m0/s1. The zero-order valence-corrected chi connectivity index (χ0v) is 41.3. The lowest BCUT2D eigenvalue weighted by atomic mass is 9.40. The molecule has 0 radical (unpaired) electrons. The number of ketones is 1. The van der Waals surface area contributed by atoms with Crippen LogP contribution < -0.4 is 0 Å². The number of amides is 1. The molecule has 15 atom stereocenters. The smallest absolute Gasteiger partial charge is 0.307 e. The fourth-order valence-electron chi connectivity index (χ4n) is 17.6. The number of hydrogen-bond acceptors (Lipinski definition) is 7. The first-order valence-corrected chi connectivity index (χ1v) is 25.9. The average molecular weight is 900 g/mol. The van der Waals surface area contributed by atoms with Gasteiger partial charge >= 0.3 is 5.97 Å². The lowest BCUT2D eigenvalue weighted by Gasteiger charge is -2.65. The molecule has 1 N–H and O–H groups in total. The van der Waals surface area contributed by atoms with E-state index < -0.39 is 39.7 Å². The number of allylic oxidation sites excluding steroid dienone is 1. The summed E-state index contributed by atoms with van der Waals surface area (Å²) in [5.74, 6) is 2.14. The zero-order valence-electron chi connectivity index (χ0n) is 41.3. The second-order valence-electron chi connectivity index (χ2n) is 24.7. The SMILES string of the molecule is C=C(C)[C@@H]1CC[C@]2(C(=O)N3CCC[C@H]3c3nc(-c4ccccc4)cn3CCN(C)C)CC[C@]3(C)[C@H](CCC4[C@@H]3CCCC3[C@]4(C)CC[C@H](OC4C(=O)C45C[C@@H](C(=O)O)C5(C)C)[C@@]3(C)C#N)C12. The topological polar surface area (TPSA) is 129 Å². The van der Waals surface area contributed by atoms with Crippen molar-refractivity contribution in [3.05, 3.63) is 54.5 Å². The molecule has 1 saturated heterocycles. The molecule has 1 amide bonds. The summed E-state index contributed by atoms with van der Waals surface area (Å²) >= 11 is 0. The van der Waals surface area contributed by atoms with Gasteiger partial charge in [0.2, 0.25) is 5.91 Å². The molecule has 10 nitrogen and oxygen atoms in total. The fraction of sp³-hybridized carbons (Fsp3) is 0.732. The highest BCUT2D eigenvalue weighted by Gasteiger charge is 2.83. The number of aromatic nitrogens is 2. The van der Waals surface area contributed by atoms with E-state index in [0.29, 0.717) is 36.0 Å². The first-order chi connectivity index (χ1) is 31.3. The minimum Gasteiger partial charge on any atom is -0.481 e. The number of aliphatic carboxylic acids is 1. The molecule has 7 saturated carbocycles. The molecule has 356 valence electrons. The van der Waals surface area contributed by atoms with Crippen molar-refractivity contribution in [3.63, 3.8) is 0 Å². The van der Waals surface area contributed by atoms with Gasteiger partial charge in [-0.3, -0.25) is 14.4 Å². The van der Waals surface area contributed by atoms with E-state index in [2.05, 4.69) is 99.3 Å². The van der Waals surface area contributed by atoms with E-state index in [-0.39, 0.29) is 40.6 Å². The minimum absolute atomic E-state index is 0.0290. The molecule has 2 heterocycles. The number of nitrogens with zero attached hydrogens (tertiary/aromatic N) is 5. The molecule has 1 spiro atoms. The van der Waals surface area contributed by atoms with Crippen LogP contribution in [0.5, 0.6) is 0 Å². The molecule has 7 aliphatic carbocycles. The van der Waals surface area contributed by atoms with Crippen molar-refractivity contribution in [2.45, 2.75) is 156 Å². The van der Waals surface area contributed by atoms with Gasteiger partial charge in [-0.25, -0.2) is 4.98 Å². The number of imidazole rings is 1. The third-order valence-corrected chi connectivity index (χ3v) is 21.4. The van der Waals surface area contributed by atoms with E-state index in [1.807, 2.05) is 19.9 Å². The van der Waals surface area contributed by atoms with E-state index in [4.69, 9.17) is 9.72 Å². The van der Waals surface area contributed by atoms with E-state index in [1.165, 1.54) is 5.57 Å². The van der Waals surface area contributed by atoms with Crippen molar-refractivity contribution in [2.75, 3.05) is 27.2 Å². The predicted octanol–water partition coefficient (Wildman–Crippen LogP) is 10.4. The number of likely N-dealkylation sites (N-methyl/N-ethyl adjacent to an activating group) is 1. The summed E-state index contributed by atoms with van der Waals surface area (Å²) in [6, 6.07) is 13.3. The number of benzene rings is 1. The maximum Gasteiger partial charge on any atom is 0.307 e. The summed E-state index contributed by atoms with van der Waals surface area (Å²) in [5.41, 5.74) is 0.754. The molecule has 0 bridgehead atoms. The van der Waals surface area contributed by atoms with Crippen LogP contribution in [0.3, 0.4) is 0 Å². The molecule has 5 unspecified atom stereocenters. The first-order valence-electron chi connectivity index (χ1n) is 25.9. The molecule has 10 heteroatoms. The molecule has 8 aliphatic rings. The van der Waals surface area contributed by atoms with Gasteiger partial charge in [0, 0.05) is 31.4 Å². The Balaban J connectivity index is 0.923. The Labute approximate surface area is 394 Å². The van der Waals surface area contributed by atoms with Gasteiger partial charge in [0.15, 0.2) is 5.78 Å². The van der Waals surface area contributed by atoms with Crippen LogP contribution in [-0.4, -0.2) is 81.5 Å². The monoisotopic (exact) mass is 900 g/mol. The van der Waals surface area contributed by atoms with Crippen LogP contribution in [0.15, 0.2) is 48.7 Å². The number of hydrogen-bond donors (Lipinski definition) is 1. The number of ether oxygens (including phenoxy) is 1. The Hall–Kier alpha value is -3.81. The third kappa shape index (κ3) is 6.35. The summed E-state index contributed by atoms with van der Waals surface area (Å²) in [4.78, 5) is 51.4. The van der Waals surface area contributed by atoms with E-state index >= 15 is 4.79 Å². The number of rotatable bonds is 10. The van der Waals surface area contributed by atoms with Crippen LogP contribution in [0.4, 0.5) is 0 Å². The highest BCUT2D eigenvalue weighted by atomic mass is 16.5. The van der Waals surface area contributed by atoms with Crippen LogP contribution in [0, 0.1) is 85.2 Å². The molecular formula is C56H77N5O5. The lowest BCUT2D eigenvalue weighted by molar-refractivity contribution is -0.190. The van der Waals surface area contributed by atoms with Crippen molar-refractivity contribution in [1.29, 1.82) is 5.26 Å². The molecule has 1 aromatic carbocycles. The molecule has 10 rings (SSSR count). The van der Waals surface area contributed by atoms with Crippen LogP contribution in [0.1, 0.15) is 143 Å². The van der Waals surface area contributed by atoms with Crippen LogP contribution in [-0.2, 0) is 25.7 Å². The lowest BCUT2D eigenvalue weighted by Crippen LogP contribution is -2.61.